The Bertz CT molecular complexity index is 507. The molecule has 1 aliphatic heterocycles. The number of nitrogens with two attached hydrogens (primary N) is 1. The number of rotatable bonds is 4. The third-order valence-corrected chi connectivity index (χ3v) is 5.40. The molecule has 2 rings (SSSR count). The lowest BCUT2D eigenvalue weighted by Gasteiger charge is -2.41. The van der Waals surface area contributed by atoms with Crippen molar-refractivity contribution in [1.29, 1.82) is 0 Å². The topological polar surface area (TPSA) is 64.2 Å². The predicted octanol–water partition coefficient (Wildman–Crippen LogP) is 2.51. The first-order chi connectivity index (χ1) is 9.92. The van der Waals surface area contributed by atoms with Crippen molar-refractivity contribution in [3.63, 3.8) is 0 Å². The van der Waals surface area contributed by atoms with E-state index in [9.17, 15) is 4.79 Å². The van der Waals surface area contributed by atoms with Gasteiger partial charge in [0.25, 0.3) is 0 Å². The molecule has 2 N–H and O–H groups in total. The van der Waals surface area contributed by atoms with Gasteiger partial charge < -0.3 is 10.6 Å². The lowest BCUT2D eigenvalue weighted by atomic mass is 9.74. The maximum absolute atomic E-state index is 12.5. The second-order valence-corrected chi connectivity index (χ2v) is 6.33. The molecule has 0 aliphatic carbocycles. The number of piperidine rings is 1. The average Bonchev–Trinajstić information content (AvgIpc) is 2.74. The second kappa shape index (κ2) is 6.08. The molecule has 1 fully saturated rings. The third kappa shape index (κ3) is 3.06. The molecule has 1 aromatic rings. The highest BCUT2D eigenvalue weighted by molar-refractivity contribution is 5.76. The van der Waals surface area contributed by atoms with Gasteiger partial charge in [0.05, 0.1) is 17.1 Å². The standard InChI is InChI=1S/C16H28N4O/c1-5-16(6-2)7-9-19(10-8-16)14(21)11-20-13(4)15(17)12(3)18-20/h5-11,17H2,1-4H3. The summed E-state index contributed by atoms with van der Waals surface area (Å²) in [5.41, 5.74) is 8.74. The Morgan fingerprint density at radius 2 is 1.81 bits per heavy atom. The largest absolute Gasteiger partial charge is 0.396 e. The Balaban J connectivity index is 1.98. The number of carbonyl (C=O) groups is 1. The highest BCUT2D eigenvalue weighted by atomic mass is 16.2. The zero-order chi connectivity index (χ0) is 15.6. The van der Waals surface area contributed by atoms with E-state index < -0.39 is 0 Å². The van der Waals surface area contributed by atoms with Crippen LogP contribution in [0, 0.1) is 19.3 Å². The molecular weight excluding hydrogens is 264 g/mol. The van der Waals surface area contributed by atoms with Gasteiger partial charge in [0, 0.05) is 13.1 Å². The maximum atomic E-state index is 12.5. The van der Waals surface area contributed by atoms with Crippen molar-refractivity contribution >= 4 is 11.6 Å². The van der Waals surface area contributed by atoms with Gasteiger partial charge in [0.1, 0.15) is 6.54 Å². The summed E-state index contributed by atoms with van der Waals surface area (Å²) in [7, 11) is 0. The van der Waals surface area contributed by atoms with Gasteiger partial charge in [0.15, 0.2) is 0 Å². The van der Waals surface area contributed by atoms with Crippen molar-refractivity contribution in [3.8, 4) is 0 Å². The van der Waals surface area contributed by atoms with Gasteiger partial charge in [-0.05, 0) is 32.1 Å². The molecule has 1 aromatic heterocycles. The summed E-state index contributed by atoms with van der Waals surface area (Å²) < 4.78 is 1.73. The maximum Gasteiger partial charge on any atom is 0.244 e. The molecule has 0 spiro atoms. The summed E-state index contributed by atoms with van der Waals surface area (Å²) in [5, 5.41) is 4.35. The second-order valence-electron chi connectivity index (χ2n) is 6.33. The van der Waals surface area contributed by atoms with Gasteiger partial charge >= 0.3 is 0 Å². The minimum Gasteiger partial charge on any atom is -0.396 e. The van der Waals surface area contributed by atoms with Crippen LogP contribution >= 0.6 is 0 Å². The van der Waals surface area contributed by atoms with Gasteiger partial charge in [-0.25, -0.2) is 0 Å². The summed E-state index contributed by atoms with van der Waals surface area (Å²) in [4.78, 5) is 14.4. The van der Waals surface area contributed by atoms with E-state index in [0.29, 0.717) is 17.6 Å². The highest BCUT2D eigenvalue weighted by Gasteiger charge is 2.32. The van der Waals surface area contributed by atoms with E-state index in [-0.39, 0.29) is 5.91 Å². The molecule has 0 saturated carbocycles. The number of nitrogens with zero attached hydrogens (tertiary/aromatic N) is 3. The number of nitrogen functional groups attached to an aromatic ring is 1. The van der Waals surface area contributed by atoms with E-state index in [0.717, 1.165) is 37.3 Å². The molecule has 0 bridgehead atoms. The summed E-state index contributed by atoms with van der Waals surface area (Å²) >= 11 is 0. The quantitative estimate of drug-likeness (QED) is 0.927. The van der Waals surface area contributed by atoms with E-state index in [4.69, 9.17) is 5.73 Å². The molecular formula is C16H28N4O. The lowest BCUT2D eigenvalue weighted by molar-refractivity contribution is -0.134. The summed E-state index contributed by atoms with van der Waals surface area (Å²) in [6.45, 7) is 10.4. The Kier molecular flexibility index (Phi) is 4.59. The molecule has 1 saturated heterocycles. The monoisotopic (exact) mass is 292 g/mol. The number of likely N-dealkylation sites (tertiary alicyclic amines) is 1. The number of anilines is 1. The van der Waals surface area contributed by atoms with E-state index in [2.05, 4.69) is 18.9 Å². The fourth-order valence-corrected chi connectivity index (χ4v) is 3.28. The van der Waals surface area contributed by atoms with E-state index in [1.54, 1.807) is 4.68 Å². The van der Waals surface area contributed by atoms with Crippen LogP contribution in [-0.2, 0) is 11.3 Å². The molecule has 21 heavy (non-hydrogen) atoms. The van der Waals surface area contributed by atoms with E-state index >= 15 is 0 Å². The third-order valence-electron chi connectivity index (χ3n) is 5.40. The molecule has 5 nitrogen and oxygen atoms in total. The molecule has 118 valence electrons. The highest BCUT2D eigenvalue weighted by Crippen LogP contribution is 2.37. The minimum absolute atomic E-state index is 0.154. The van der Waals surface area contributed by atoms with Crippen molar-refractivity contribution in [3.05, 3.63) is 11.4 Å². The minimum atomic E-state index is 0.154. The molecule has 0 unspecified atom stereocenters. The first kappa shape index (κ1) is 15.9. The van der Waals surface area contributed by atoms with Crippen LogP contribution in [0.4, 0.5) is 5.69 Å². The predicted molar refractivity (Wildman–Crippen MR) is 84.9 cm³/mol. The van der Waals surface area contributed by atoms with E-state index in [1.165, 1.54) is 12.8 Å². The Morgan fingerprint density at radius 1 is 1.24 bits per heavy atom. The first-order valence-electron chi connectivity index (χ1n) is 7.99. The van der Waals surface area contributed by atoms with Crippen LogP contribution in [0.5, 0.6) is 0 Å². The van der Waals surface area contributed by atoms with Crippen molar-refractivity contribution < 1.29 is 4.79 Å². The zero-order valence-electron chi connectivity index (χ0n) is 13.8. The average molecular weight is 292 g/mol. The van der Waals surface area contributed by atoms with Crippen molar-refractivity contribution in [2.75, 3.05) is 18.8 Å². The molecule has 2 heterocycles. The van der Waals surface area contributed by atoms with Gasteiger partial charge in [-0.1, -0.05) is 26.7 Å². The number of aryl methyl sites for hydroxylation is 1. The van der Waals surface area contributed by atoms with Crippen LogP contribution in [0.25, 0.3) is 0 Å². The molecule has 0 aromatic carbocycles. The van der Waals surface area contributed by atoms with Gasteiger partial charge in [0.2, 0.25) is 5.91 Å². The van der Waals surface area contributed by atoms with Crippen LogP contribution in [0.1, 0.15) is 50.9 Å². The lowest BCUT2D eigenvalue weighted by Crippen LogP contribution is -2.44. The van der Waals surface area contributed by atoms with Crippen LogP contribution in [0.2, 0.25) is 0 Å². The molecule has 1 amide bonds. The molecule has 1 aliphatic rings. The Morgan fingerprint density at radius 3 is 2.24 bits per heavy atom. The molecule has 0 radical (unpaired) electrons. The summed E-state index contributed by atoms with van der Waals surface area (Å²) in [5.74, 6) is 0.154. The van der Waals surface area contributed by atoms with Crippen molar-refractivity contribution in [1.82, 2.24) is 14.7 Å². The van der Waals surface area contributed by atoms with Crippen LogP contribution in [-0.4, -0.2) is 33.7 Å². The number of amides is 1. The molecule has 0 atom stereocenters. The Labute approximate surface area is 127 Å². The summed E-state index contributed by atoms with van der Waals surface area (Å²) in [6.07, 6.45) is 4.65. The van der Waals surface area contributed by atoms with Gasteiger partial charge in [-0.15, -0.1) is 0 Å². The van der Waals surface area contributed by atoms with Gasteiger partial charge in [-0.3, -0.25) is 9.48 Å². The number of aromatic nitrogens is 2. The van der Waals surface area contributed by atoms with Gasteiger partial charge in [-0.2, -0.15) is 5.10 Å². The number of hydrogen-bond acceptors (Lipinski definition) is 3. The number of hydrogen-bond donors (Lipinski definition) is 1. The van der Waals surface area contributed by atoms with Crippen molar-refractivity contribution in [2.24, 2.45) is 5.41 Å². The first-order valence-corrected chi connectivity index (χ1v) is 7.99. The van der Waals surface area contributed by atoms with Crippen LogP contribution in [0.3, 0.4) is 0 Å². The molecule has 5 heteroatoms. The normalized spacial score (nSPS) is 18.0. The SMILES string of the molecule is CCC1(CC)CCN(C(=O)Cn2nc(C)c(N)c2C)CC1. The van der Waals surface area contributed by atoms with Crippen LogP contribution < -0.4 is 5.73 Å². The summed E-state index contributed by atoms with van der Waals surface area (Å²) in [6, 6.07) is 0. The van der Waals surface area contributed by atoms with Crippen LogP contribution in [0.15, 0.2) is 0 Å². The zero-order valence-corrected chi connectivity index (χ0v) is 13.8. The number of carbonyl (C=O) groups excluding carboxylic acids is 1. The smallest absolute Gasteiger partial charge is 0.244 e. The fourth-order valence-electron chi connectivity index (χ4n) is 3.28. The van der Waals surface area contributed by atoms with E-state index in [1.807, 2.05) is 18.7 Å². The fraction of sp³-hybridized carbons (Fsp3) is 0.750. The van der Waals surface area contributed by atoms with Crippen molar-refractivity contribution in [2.45, 2.75) is 59.9 Å². The Hall–Kier alpha value is -1.52.